The zero-order valence-electron chi connectivity index (χ0n) is 19.3. The maximum Gasteiger partial charge on any atom is 0.271 e. The number of imidazole rings is 1. The predicted octanol–water partition coefficient (Wildman–Crippen LogP) is 4.33. The van der Waals surface area contributed by atoms with E-state index in [0.717, 1.165) is 28.2 Å². The standard InChI is InChI=1S/C26H26N4O4/c1-4-34-23-7-5-6-19(25(23)33-3)16-27-30-26(31)18-10-13-21-22(15-18)29-24(28-21)14-17-8-11-20(32-2)12-9-17/h5-13,15-16H,4,14H2,1-3H3,(H,28,29)(H,30,31)/b27-16-. The summed E-state index contributed by atoms with van der Waals surface area (Å²) in [6.45, 7) is 2.42. The molecule has 0 aliphatic rings. The van der Waals surface area contributed by atoms with Crippen LogP contribution < -0.4 is 19.6 Å². The quantitative estimate of drug-likeness (QED) is 0.287. The lowest BCUT2D eigenvalue weighted by Gasteiger charge is -2.11. The number of methoxy groups -OCH3 is 2. The molecular weight excluding hydrogens is 432 g/mol. The number of rotatable bonds is 9. The monoisotopic (exact) mass is 458 g/mol. The molecule has 4 rings (SSSR count). The van der Waals surface area contributed by atoms with Crippen LogP contribution in [0.1, 0.15) is 34.2 Å². The van der Waals surface area contributed by atoms with Gasteiger partial charge in [0.05, 0.1) is 38.1 Å². The summed E-state index contributed by atoms with van der Waals surface area (Å²) in [5, 5.41) is 4.09. The largest absolute Gasteiger partial charge is 0.497 e. The minimum absolute atomic E-state index is 0.329. The Morgan fingerprint density at radius 2 is 1.91 bits per heavy atom. The third-order valence-electron chi connectivity index (χ3n) is 5.21. The lowest BCUT2D eigenvalue weighted by atomic mass is 10.1. The molecule has 0 saturated heterocycles. The van der Waals surface area contributed by atoms with Gasteiger partial charge in [-0.1, -0.05) is 18.2 Å². The van der Waals surface area contributed by atoms with Gasteiger partial charge in [-0.2, -0.15) is 5.10 Å². The van der Waals surface area contributed by atoms with Crippen molar-refractivity contribution < 1.29 is 19.0 Å². The molecule has 0 saturated carbocycles. The number of nitrogens with zero attached hydrogens (tertiary/aromatic N) is 2. The van der Waals surface area contributed by atoms with Crippen molar-refractivity contribution >= 4 is 23.2 Å². The van der Waals surface area contributed by atoms with E-state index in [1.54, 1.807) is 26.4 Å². The number of ether oxygens (including phenoxy) is 3. The van der Waals surface area contributed by atoms with E-state index in [-0.39, 0.29) is 5.91 Å². The van der Waals surface area contributed by atoms with Gasteiger partial charge < -0.3 is 19.2 Å². The molecule has 0 aliphatic heterocycles. The Labute approximate surface area is 197 Å². The van der Waals surface area contributed by atoms with Gasteiger partial charge in [0.2, 0.25) is 0 Å². The summed E-state index contributed by atoms with van der Waals surface area (Å²) in [5.74, 6) is 2.48. The molecular formula is C26H26N4O4. The van der Waals surface area contributed by atoms with Gasteiger partial charge in [0.1, 0.15) is 11.6 Å². The molecule has 3 aromatic carbocycles. The maximum atomic E-state index is 12.6. The van der Waals surface area contributed by atoms with Gasteiger partial charge in [-0.15, -0.1) is 0 Å². The number of para-hydroxylation sites is 1. The number of hydrogen-bond donors (Lipinski definition) is 2. The fourth-order valence-electron chi connectivity index (χ4n) is 3.57. The Hall–Kier alpha value is -4.33. The lowest BCUT2D eigenvalue weighted by molar-refractivity contribution is 0.0955. The Morgan fingerprint density at radius 3 is 2.65 bits per heavy atom. The molecule has 0 aliphatic carbocycles. The van der Waals surface area contributed by atoms with Crippen LogP contribution in [0.2, 0.25) is 0 Å². The molecule has 1 aromatic heterocycles. The molecule has 174 valence electrons. The van der Waals surface area contributed by atoms with Crippen LogP contribution in [-0.2, 0) is 6.42 Å². The van der Waals surface area contributed by atoms with Crippen LogP contribution in [0.15, 0.2) is 65.8 Å². The fraction of sp³-hybridized carbons (Fsp3) is 0.192. The Kier molecular flexibility index (Phi) is 7.07. The van der Waals surface area contributed by atoms with Crippen molar-refractivity contribution in [1.82, 2.24) is 15.4 Å². The number of nitrogens with one attached hydrogen (secondary N) is 2. The van der Waals surface area contributed by atoms with E-state index < -0.39 is 0 Å². The average Bonchev–Trinajstić information content (AvgIpc) is 3.26. The number of H-pyrrole nitrogens is 1. The molecule has 1 amide bonds. The summed E-state index contributed by atoms with van der Waals surface area (Å²) in [6, 6.07) is 18.6. The van der Waals surface area contributed by atoms with Gasteiger partial charge in [0.15, 0.2) is 11.5 Å². The molecule has 0 spiro atoms. The van der Waals surface area contributed by atoms with Gasteiger partial charge >= 0.3 is 0 Å². The van der Waals surface area contributed by atoms with Gasteiger partial charge in [0, 0.05) is 17.5 Å². The van der Waals surface area contributed by atoms with Gasteiger partial charge in [0.25, 0.3) is 5.91 Å². The maximum absolute atomic E-state index is 12.6. The van der Waals surface area contributed by atoms with Crippen molar-refractivity contribution in [3.05, 3.63) is 83.2 Å². The van der Waals surface area contributed by atoms with E-state index in [0.29, 0.717) is 35.7 Å². The smallest absolute Gasteiger partial charge is 0.271 e. The number of fused-ring (bicyclic) bond motifs is 1. The minimum atomic E-state index is -0.329. The summed E-state index contributed by atoms with van der Waals surface area (Å²) in [7, 11) is 3.21. The first-order chi connectivity index (χ1) is 16.6. The highest BCUT2D eigenvalue weighted by Gasteiger charge is 2.11. The highest BCUT2D eigenvalue weighted by Crippen LogP contribution is 2.29. The Morgan fingerprint density at radius 1 is 1.09 bits per heavy atom. The first kappa shape index (κ1) is 22.8. The number of carbonyl (C=O) groups excluding carboxylic acids is 1. The van der Waals surface area contributed by atoms with Crippen LogP contribution in [0, 0.1) is 0 Å². The van der Waals surface area contributed by atoms with Crippen LogP contribution in [0.25, 0.3) is 11.0 Å². The minimum Gasteiger partial charge on any atom is -0.497 e. The number of amides is 1. The van der Waals surface area contributed by atoms with Crippen LogP contribution in [0.4, 0.5) is 0 Å². The van der Waals surface area contributed by atoms with E-state index in [2.05, 4.69) is 20.5 Å². The number of carbonyl (C=O) groups is 1. The van der Waals surface area contributed by atoms with Crippen LogP contribution >= 0.6 is 0 Å². The number of aromatic nitrogens is 2. The van der Waals surface area contributed by atoms with E-state index in [1.807, 2.05) is 55.5 Å². The van der Waals surface area contributed by atoms with Crippen molar-refractivity contribution in [3.63, 3.8) is 0 Å². The molecule has 0 unspecified atom stereocenters. The summed E-state index contributed by atoms with van der Waals surface area (Å²) in [6.07, 6.45) is 2.17. The molecule has 0 bridgehead atoms. The van der Waals surface area contributed by atoms with Gasteiger partial charge in [-0.3, -0.25) is 4.79 Å². The highest BCUT2D eigenvalue weighted by atomic mass is 16.5. The molecule has 0 fully saturated rings. The van der Waals surface area contributed by atoms with Crippen molar-refractivity contribution in [2.75, 3.05) is 20.8 Å². The zero-order valence-corrected chi connectivity index (χ0v) is 19.3. The molecule has 4 aromatic rings. The second-order valence-electron chi connectivity index (χ2n) is 7.45. The van der Waals surface area contributed by atoms with E-state index in [4.69, 9.17) is 14.2 Å². The fourth-order valence-corrected chi connectivity index (χ4v) is 3.57. The number of hydrazone groups is 1. The molecule has 0 radical (unpaired) electrons. The zero-order chi connectivity index (χ0) is 23.9. The predicted molar refractivity (Wildman–Crippen MR) is 131 cm³/mol. The van der Waals surface area contributed by atoms with Crippen molar-refractivity contribution in [2.24, 2.45) is 5.10 Å². The second-order valence-corrected chi connectivity index (χ2v) is 7.45. The van der Waals surface area contributed by atoms with E-state index in [9.17, 15) is 4.79 Å². The van der Waals surface area contributed by atoms with Crippen LogP contribution in [0.5, 0.6) is 17.2 Å². The molecule has 8 heteroatoms. The summed E-state index contributed by atoms with van der Waals surface area (Å²) in [4.78, 5) is 20.5. The number of aromatic amines is 1. The summed E-state index contributed by atoms with van der Waals surface area (Å²) in [5.41, 5.74) is 6.41. The van der Waals surface area contributed by atoms with E-state index in [1.165, 1.54) is 6.21 Å². The molecule has 34 heavy (non-hydrogen) atoms. The van der Waals surface area contributed by atoms with Crippen molar-refractivity contribution in [1.29, 1.82) is 0 Å². The van der Waals surface area contributed by atoms with Crippen molar-refractivity contribution in [2.45, 2.75) is 13.3 Å². The number of benzene rings is 3. The first-order valence-electron chi connectivity index (χ1n) is 10.9. The molecule has 1 heterocycles. The summed E-state index contributed by atoms with van der Waals surface area (Å²) < 4.78 is 16.2. The first-order valence-corrected chi connectivity index (χ1v) is 10.9. The van der Waals surface area contributed by atoms with Crippen LogP contribution in [-0.4, -0.2) is 42.9 Å². The number of hydrogen-bond acceptors (Lipinski definition) is 6. The Bertz CT molecular complexity index is 1310. The Balaban J connectivity index is 1.45. The molecule has 0 atom stereocenters. The third kappa shape index (κ3) is 5.17. The highest BCUT2D eigenvalue weighted by molar-refractivity contribution is 5.98. The normalized spacial score (nSPS) is 11.0. The average molecular weight is 459 g/mol. The van der Waals surface area contributed by atoms with Gasteiger partial charge in [-0.05, 0) is 55.0 Å². The second kappa shape index (κ2) is 10.5. The van der Waals surface area contributed by atoms with E-state index >= 15 is 0 Å². The summed E-state index contributed by atoms with van der Waals surface area (Å²) >= 11 is 0. The SMILES string of the molecule is CCOc1cccc(/C=N\NC(=O)c2ccc3nc(Cc4ccc(OC)cc4)[nH]c3c2)c1OC. The van der Waals surface area contributed by atoms with Crippen LogP contribution in [0.3, 0.4) is 0 Å². The molecule has 8 nitrogen and oxygen atoms in total. The third-order valence-corrected chi connectivity index (χ3v) is 5.21. The topological polar surface area (TPSA) is 97.8 Å². The molecule has 2 N–H and O–H groups in total. The lowest BCUT2D eigenvalue weighted by Crippen LogP contribution is -2.17. The van der Waals surface area contributed by atoms with Gasteiger partial charge in [-0.25, -0.2) is 10.4 Å². The van der Waals surface area contributed by atoms with Crippen molar-refractivity contribution in [3.8, 4) is 17.2 Å².